The van der Waals surface area contributed by atoms with E-state index in [2.05, 4.69) is 5.32 Å². The first-order valence-corrected chi connectivity index (χ1v) is 8.19. The van der Waals surface area contributed by atoms with E-state index in [1.165, 1.54) is 0 Å². The van der Waals surface area contributed by atoms with Gasteiger partial charge in [-0.1, -0.05) is 35.9 Å². The van der Waals surface area contributed by atoms with Crippen molar-refractivity contribution in [3.05, 3.63) is 64.9 Å². The van der Waals surface area contributed by atoms with E-state index in [1.807, 2.05) is 55.5 Å². The summed E-state index contributed by atoms with van der Waals surface area (Å²) in [6.07, 6.45) is 0. The molecule has 0 fully saturated rings. The maximum atomic E-state index is 9.72. The number of fused-ring (bicyclic) bond motifs is 1. The van der Waals surface area contributed by atoms with Crippen LogP contribution in [0.1, 0.15) is 30.3 Å². The molecule has 2 N–H and O–H groups in total. The number of hydrogen-bond donors (Lipinski definition) is 2. The van der Waals surface area contributed by atoms with Crippen LogP contribution >= 0.6 is 11.6 Å². The second-order valence-electron chi connectivity index (χ2n) is 5.70. The summed E-state index contributed by atoms with van der Waals surface area (Å²) in [5.41, 5.74) is 1.71. The average molecular weight is 346 g/mol. The largest absolute Gasteiger partial charge is 0.493 e. The Kier molecular flexibility index (Phi) is 5.09. The van der Waals surface area contributed by atoms with Crippen molar-refractivity contribution in [2.24, 2.45) is 0 Å². The predicted molar refractivity (Wildman–Crippen MR) is 95.6 cm³/mol. The van der Waals surface area contributed by atoms with Crippen molar-refractivity contribution < 1.29 is 14.3 Å². The van der Waals surface area contributed by atoms with Crippen LogP contribution in [0, 0.1) is 0 Å². The van der Waals surface area contributed by atoms with Gasteiger partial charge in [-0.2, -0.15) is 0 Å². The Morgan fingerprint density at radius 1 is 1.21 bits per heavy atom. The van der Waals surface area contributed by atoms with Gasteiger partial charge in [-0.3, -0.25) is 5.32 Å². The molecule has 0 aliphatic carbocycles. The molecule has 126 valence electrons. The molecule has 1 aromatic heterocycles. The van der Waals surface area contributed by atoms with Crippen LogP contribution in [0.25, 0.3) is 11.0 Å². The number of rotatable bonds is 6. The molecule has 0 saturated carbocycles. The van der Waals surface area contributed by atoms with E-state index >= 15 is 0 Å². The first-order valence-electron chi connectivity index (χ1n) is 7.81. The van der Waals surface area contributed by atoms with Crippen molar-refractivity contribution in [2.45, 2.75) is 19.0 Å². The summed E-state index contributed by atoms with van der Waals surface area (Å²) in [7, 11) is 1.63. The standard InChI is InChI=1S/C19H20ClNO3/c1-12(21-16(11-22)13-6-8-15(20)9-7-13)18-10-14-4-3-5-17(23-2)19(14)24-18/h3-10,12,16,21-22H,11H2,1-2H3. The lowest BCUT2D eigenvalue weighted by Crippen LogP contribution is -2.27. The molecule has 0 bridgehead atoms. The molecule has 3 rings (SSSR count). The number of aliphatic hydroxyl groups excluding tert-OH is 1. The molecule has 0 aliphatic heterocycles. The van der Waals surface area contributed by atoms with Gasteiger partial charge in [0.2, 0.25) is 0 Å². The molecule has 3 aromatic rings. The number of para-hydroxylation sites is 1. The quantitative estimate of drug-likeness (QED) is 0.691. The number of aliphatic hydroxyl groups is 1. The summed E-state index contributed by atoms with van der Waals surface area (Å²) in [6.45, 7) is 1.98. The molecular formula is C19H20ClNO3. The third-order valence-electron chi connectivity index (χ3n) is 4.08. The van der Waals surface area contributed by atoms with Gasteiger partial charge in [-0.25, -0.2) is 0 Å². The number of benzene rings is 2. The van der Waals surface area contributed by atoms with E-state index in [1.54, 1.807) is 7.11 Å². The zero-order chi connectivity index (χ0) is 17.1. The zero-order valence-electron chi connectivity index (χ0n) is 13.6. The Morgan fingerprint density at radius 2 is 1.96 bits per heavy atom. The fourth-order valence-corrected chi connectivity index (χ4v) is 2.89. The third-order valence-corrected chi connectivity index (χ3v) is 4.33. The fourth-order valence-electron chi connectivity index (χ4n) is 2.76. The summed E-state index contributed by atoms with van der Waals surface area (Å²) in [6, 6.07) is 15.0. The minimum Gasteiger partial charge on any atom is -0.493 e. The second-order valence-corrected chi connectivity index (χ2v) is 6.14. The molecule has 2 unspecified atom stereocenters. The molecule has 0 saturated heterocycles. The number of nitrogens with one attached hydrogen (secondary N) is 1. The fraction of sp³-hybridized carbons (Fsp3) is 0.263. The summed E-state index contributed by atoms with van der Waals surface area (Å²) < 4.78 is 11.3. The highest BCUT2D eigenvalue weighted by molar-refractivity contribution is 6.30. The first-order chi connectivity index (χ1) is 11.6. The van der Waals surface area contributed by atoms with Gasteiger partial charge < -0.3 is 14.3 Å². The molecule has 1 heterocycles. The highest BCUT2D eigenvalue weighted by Crippen LogP contribution is 2.31. The van der Waals surface area contributed by atoms with Crippen LogP contribution in [-0.2, 0) is 0 Å². The molecule has 2 aromatic carbocycles. The van der Waals surface area contributed by atoms with Crippen molar-refractivity contribution in [2.75, 3.05) is 13.7 Å². The van der Waals surface area contributed by atoms with Crippen molar-refractivity contribution in [1.29, 1.82) is 0 Å². The Bertz CT molecular complexity index is 813. The summed E-state index contributed by atoms with van der Waals surface area (Å²) in [4.78, 5) is 0. The van der Waals surface area contributed by atoms with Gasteiger partial charge in [0.1, 0.15) is 5.76 Å². The highest BCUT2D eigenvalue weighted by atomic mass is 35.5. The average Bonchev–Trinajstić information content (AvgIpc) is 3.04. The van der Waals surface area contributed by atoms with Crippen LogP contribution in [0.3, 0.4) is 0 Å². The van der Waals surface area contributed by atoms with E-state index in [9.17, 15) is 5.11 Å². The van der Waals surface area contributed by atoms with Gasteiger partial charge in [0.15, 0.2) is 11.3 Å². The Labute approximate surface area is 146 Å². The summed E-state index contributed by atoms with van der Waals surface area (Å²) in [5.74, 6) is 1.50. The van der Waals surface area contributed by atoms with Gasteiger partial charge in [0.05, 0.1) is 25.8 Å². The van der Waals surface area contributed by atoms with Gasteiger partial charge >= 0.3 is 0 Å². The van der Waals surface area contributed by atoms with Crippen molar-refractivity contribution in [3.63, 3.8) is 0 Å². The lowest BCUT2D eigenvalue weighted by molar-refractivity contribution is 0.231. The van der Waals surface area contributed by atoms with Crippen LogP contribution in [-0.4, -0.2) is 18.8 Å². The Hall–Kier alpha value is -2.01. The van der Waals surface area contributed by atoms with Crippen molar-refractivity contribution >= 4 is 22.6 Å². The van der Waals surface area contributed by atoms with Crippen LogP contribution in [0.15, 0.2) is 52.9 Å². The topological polar surface area (TPSA) is 54.6 Å². The number of ether oxygens (including phenoxy) is 1. The SMILES string of the molecule is COc1cccc2cc(C(C)NC(CO)c3ccc(Cl)cc3)oc12. The highest BCUT2D eigenvalue weighted by Gasteiger charge is 2.18. The Morgan fingerprint density at radius 3 is 2.62 bits per heavy atom. The molecule has 0 aliphatic rings. The lowest BCUT2D eigenvalue weighted by atomic mass is 10.1. The van der Waals surface area contributed by atoms with E-state index in [-0.39, 0.29) is 18.7 Å². The van der Waals surface area contributed by atoms with Gasteiger partial charge in [0, 0.05) is 10.4 Å². The summed E-state index contributed by atoms with van der Waals surface area (Å²) in [5, 5.41) is 14.8. The van der Waals surface area contributed by atoms with Gasteiger partial charge in [-0.05, 0) is 36.8 Å². The van der Waals surface area contributed by atoms with Gasteiger partial charge in [-0.15, -0.1) is 0 Å². The third kappa shape index (κ3) is 3.41. The second kappa shape index (κ2) is 7.26. The number of hydrogen-bond acceptors (Lipinski definition) is 4. The monoisotopic (exact) mass is 345 g/mol. The number of methoxy groups -OCH3 is 1. The van der Waals surface area contributed by atoms with Crippen LogP contribution in [0.4, 0.5) is 0 Å². The predicted octanol–water partition coefficient (Wildman–Crippen LogP) is 4.48. The van der Waals surface area contributed by atoms with Crippen LogP contribution < -0.4 is 10.1 Å². The Balaban J connectivity index is 1.83. The minimum absolute atomic E-state index is 0.0183. The van der Waals surface area contributed by atoms with E-state index < -0.39 is 0 Å². The molecule has 4 nitrogen and oxygen atoms in total. The van der Waals surface area contributed by atoms with Crippen molar-refractivity contribution in [1.82, 2.24) is 5.32 Å². The molecule has 5 heteroatoms. The van der Waals surface area contributed by atoms with Crippen LogP contribution in [0.2, 0.25) is 5.02 Å². The molecule has 0 amide bonds. The number of furan rings is 1. The molecular weight excluding hydrogens is 326 g/mol. The van der Waals surface area contributed by atoms with E-state index in [0.29, 0.717) is 10.8 Å². The van der Waals surface area contributed by atoms with Gasteiger partial charge in [0.25, 0.3) is 0 Å². The maximum absolute atomic E-state index is 9.72. The number of halogens is 1. The molecule has 0 radical (unpaired) electrons. The normalized spacial score (nSPS) is 13.8. The zero-order valence-corrected chi connectivity index (χ0v) is 14.4. The first kappa shape index (κ1) is 16.8. The molecule has 24 heavy (non-hydrogen) atoms. The molecule has 2 atom stereocenters. The van der Waals surface area contributed by atoms with E-state index in [0.717, 1.165) is 22.3 Å². The maximum Gasteiger partial charge on any atom is 0.176 e. The van der Waals surface area contributed by atoms with E-state index in [4.69, 9.17) is 20.8 Å². The molecule has 0 spiro atoms. The van der Waals surface area contributed by atoms with Crippen LogP contribution in [0.5, 0.6) is 5.75 Å². The minimum atomic E-state index is -0.202. The van der Waals surface area contributed by atoms with Crippen molar-refractivity contribution in [3.8, 4) is 5.75 Å². The smallest absolute Gasteiger partial charge is 0.176 e. The summed E-state index contributed by atoms with van der Waals surface area (Å²) >= 11 is 5.93. The lowest BCUT2D eigenvalue weighted by Gasteiger charge is -2.21.